The van der Waals surface area contributed by atoms with Gasteiger partial charge in [0.05, 0.1) is 12.7 Å². The molecule has 0 aromatic heterocycles. The van der Waals surface area contributed by atoms with Crippen LogP contribution >= 0.6 is 11.8 Å². The summed E-state index contributed by atoms with van der Waals surface area (Å²) in [6.45, 7) is 3.76. The van der Waals surface area contributed by atoms with Gasteiger partial charge in [0.2, 0.25) is 0 Å². The molecule has 1 aromatic rings. The summed E-state index contributed by atoms with van der Waals surface area (Å²) >= 11 is 1.88. The Hall–Kier alpha value is -1.40. The molecule has 2 rings (SSSR count). The maximum atomic E-state index is 12.9. The van der Waals surface area contributed by atoms with Crippen LogP contribution in [0.15, 0.2) is 12.1 Å². The van der Waals surface area contributed by atoms with Crippen molar-refractivity contribution in [2.45, 2.75) is 19.8 Å². The van der Waals surface area contributed by atoms with E-state index in [2.05, 4.69) is 6.92 Å². The van der Waals surface area contributed by atoms with Crippen molar-refractivity contribution < 1.29 is 19.0 Å². The van der Waals surface area contributed by atoms with Crippen LogP contribution in [0.5, 0.6) is 11.5 Å². The van der Waals surface area contributed by atoms with Gasteiger partial charge in [-0.15, -0.1) is 0 Å². The number of nitrogens with zero attached hydrogens (tertiary/aromatic N) is 1. The predicted molar refractivity (Wildman–Crippen MR) is 92.7 cm³/mol. The minimum atomic E-state index is 0.0245. The van der Waals surface area contributed by atoms with Crippen LogP contribution in [-0.2, 0) is 11.2 Å². The Morgan fingerprint density at radius 1 is 1.26 bits per heavy atom. The first-order chi connectivity index (χ1) is 11.2. The molecular formula is C17H25NO4S. The summed E-state index contributed by atoms with van der Waals surface area (Å²) in [5.74, 6) is 3.34. The Bertz CT molecular complexity index is 530. The molecule has 0 saturated carbocycles. The zero-order valence-corrected chi connectivity index (χ0v) is 14.9. The third-order valence-corrected chi connectivity index (χ3v) is 4.73. The Morgan fingerprint density at radius 3 is 2.61 bits per heavy atom. The largest absolute Gasteiger partial charge is 0.496 e. The molecule has 5 nitrogen and oxygen atoms in total. The van der Waals surface area contributed by atoms with Crippen molar-refractivity contribution in [2.75, 3.05) is 45.6 Å². The summed E-state index contributed by atoms with van der Waals surface area (Å²) in [4.78, 5) is 14.8. The van der Waals surface area contributed by atoms with Crippen molar-refractivity contribution in [3.8, 4) is 11.5 Å². The molecule has 1 fully saturated rings. The maximum absolute atomic E-state index is 12.9. The quantitative estimate of drug-likeness (QED) is 0.715. The zero-order valence-electron chi connectivity index (χ0n) is 14.1. The number of ether oxygens (including phenoxy) is 3. The molecule has 1 aromatic carbocycles. The van der Waals surface area contributed by atoms with Crippen LogP contribution in [0.1, 0.15) is 29.3 Å². The van der Waals surface area contributed by atoms with Gasteiger partial charge < -0.3 is 19.1 Å². The molecule has 23 heavy (non-hydrogen) atoms. The smallest absolute Gasteiger partial charge is 0.257 e. The highest BCUT2D eigenvalue weighted by molar-refractivity contribution is 7.99. The number of benzene rings is 1. The lowest BCUT2D eigenvalue weighted by molar-refractivity contribution is 0.0483. The molecule has 6 heteroatoms. The molecule has 0 unspecified atom stereocenters. The fourth-order valence-corrected chi connectivity index (χ4v) is 3.58. The lowest BCUT2D eigenvalue weighted by atomic mass is 10.0. The number of thioether (sulfide) groups is 1. The van der Waals surface area contributed by atoms with Crippen molar-refractivity contribution in [2.24, 2.45) is 0 Å². The van der Waals surface area contributed by atoms with E-state index in [0.717, 1.165) is 48.7 Å². The highest BCUT2D eigenvalue weighted by Gasteiger charge is 2.25. The average molecular weight is 339 g/mol. The average Bonchev–Trinajstić information content (AvgIpc) is 2.60. The lowest BCUT2D eigenvalue weighted by Gasteiger charge is -2.28. The van der Waals surface area contributed by atoms with E-state index in [1.165, 1.54) is 0 Å². The van der Waals surface area contributed by atoms with Gasteiger partial charge in [-0.3, -0.25) is 4.79 Å². The monoisotopic (exact) mass is 339 g/mol. The molecular weight excluding hydrogens is 314 g/mol. The van der Waals surface area contributed by atoms with Gasteiger partial charge in [-0.1, -0.05) is 13.3 Å². The van der Waals surface area contributed by atoms with Gasteiger partial charge in [0.25, 0.3) is 5.91 Å². The standard InChI is InChI=1S/C17H25NO4S/c1-4-5-13-15(21-3)7-6-14(16(13)22-12-20-2)17(19)18-8-10-23-11-9-18/h6-7H,4-5,8-12H2,1-3H3. The molecule has 0 bridgehead atoms. The Morgan fingerprint density at radius 2 is 2.00 bits per heavy atom. The van der Waals surface area contributed by atoms with E-state index in [4.69, 9.17) is 14.2 Å². The maximum Gasteiger partial charge on any atom is 0.257 e. The van der Waals surface area contributed by atoms with Gasteiger partial charge >= 0.3 is 0 Å². The van der Waals surface area contributed by atoms with E-state index in [1.54, 1.807) is 20.3 Å². The number of carbonyl (C=O) groups is 1. The Balaban J connectivity index is 2.39. The normalized spacial score (nSPS) is 14.7. The van der Waals surface area contributed by atoms with E-state index in [-0.39, 0.29) is 12.7 Å². The van der Waals surface area contributed by atoms with Crippen LogP contribution in [0.3, 0.4) is 0 Å². The Kier molecular flexibility index (Phi) is 7.05. The summed E-state index contributed by atoms with van der Waals surface area (Å²) in [7, 11) is 3.21. The molecule has 1 heterocycles. The summed E-state index contributed by atoms with van der Waals surface area (Å²) in [5, 5.41) is 0. The van der Waals surface area contributed by atoms with Gasteiger partial charge in [0, 0.05) is 37.3 Å². The minimum absolute atomic E-state index is 0.0245. The predicted octanol–water partition coefficient (Wildman–Crippen LogP) is 2.82. The molecule has 1 aliphatic heterocycles. The highest BCUT2D eigenvalue weighted by Crippen LogP contribution is 2.34. The SMILES string of the molecule is CCCc1c(OC)ccc(C(=O)N2CCSCC2)c1OCOC. The number of methoxy groups -OCH3 is 2. The van der Waals surface area contributed by atoms with Crippen molar-refractivity contribution in [1.82, 2.24) is 4.90 Å². The van der Waals surface area contributed by atoms with E-state index in [9.17, 15) is 4.79 Å². The van der Waals surface area contributed by atoms with Crippen molar-refractivity contribution in [3.63, 3.8) is 0 Å². The summed E-state index contributed by atoms with van der Waals surface area (Å²) in [6, 6.07) is 3.66. The number of amides is 1. The topological polar surface area (TPSA) is 48.0 Å². The number of rotatable bonds is 7. The second-order valence-electron chi connectivity index (χ2n) is 5.33. The fraction of sp³-hybridized carbons (Fsp3) is 0.588. The van der Waals surface area contributed by atoms with Crippen molar-refractivity contribution >= 4 is 17.7 Å². The van der Waals surface area contributed by atoms with Crippen LogP contribution in [0.4, 0.5) is 0 Å². The molecule has 0 atom stereocenters. The summed E-state index contributed by atoms with van der Waals surface area (Å²) < 4.78 is 16.3. The van der Waals surface area contributed by atoms with Gasteiger partial charge in [-0.25, -0.2) is 0 Å². The molecule has 0 N–H and O–H groups in total. The van der Waals surface area contributed by atoms with Crippen LogP contribution in [-0.4, -0.2) is 56.4 Å². The highest BCUT2D eigenvalue weighted by atomic mass is 32.2. The molecule has 1 saturated heterocycles. The van der Waals surface area contributed by atoms with Crippen LogP contribution in [0, 0.1) is 0 Å². The third-order valence-electron chi connectivity index (χ3n) is 3.79. The molecule has 0 spiro atoms. The van der Waals surface area contributed by atoms with Crippen molar-refractivity contribution in [3.05, 3.63) is 23.3 Å². The number of hydrogen-bond acceptors (Lipinski definition) is 5. The van der Waals surface area contributed by atoms with Gasteiger partial charge in [0.1, 0.15) is 11.5 Å². The second-order valence-corrected chi connectivity index (χ2v) is 6.55. The van der Waals surface area contributed by atoms with E-state index >= 15 is 0 Å². The molecule has 128 valence electrons. The number of carbonyl (C=O) groups excluding carboxylic acids is 1. The minimum Gasteiger partial charge on any atom is -0.496 e. The first-order valence-electron chi connectivity index (χ1n) is 7.91. The van der Waals surface area contributed by atoms with E-state index in [1.807, 2.05) is 22.7 Å². The first-order valence-corrected chi connectivity index (χ1v) is 9.07. The van der Waals surface area contributed by atoms with Crippen molar-refractivity contribution in [1.29, 1.82) is 0 Å². The van der Waals surface area contributed by atoms with Crippen LogP contribution < -0.4 is 9.47 Å². The van der Waals surface area contributed by atoms with Gasteiger partial charge in [-0.05, 0) is 18.6 Å². The van der Waals surface area contributed by atoms with Gasteiger partial charge in [-0.2, -0.15) is 11.8 Å². The number of hydrogen-bond donors (Lipinski definition) is 0. The first kappa shape index (κ1) is 17.9. The van der Waals surface area contributed by atoms with Crippen LogP contribution in [0.2, 0.25) is 0 Å². The molecule has 0 radical (unpaired) electrons. The molecule has 1 aliphatic rings. The summed E-state index contributed by atoms with van der Waals surface area (Å²) in [6.07, 6.45) is 1.73. The zero-order chi connectivity index (χ0) is 16.7. The van der Waals surface area contributed by atoms with E-state index < -0.39 is 0 Å². The molecule has 0 aliphatic carbocycles. The fourth-order valence-electron chi connectivity index (χ4n) is 2.68. The molecule has 1 amide bonds. The second kappa shape index (κ2) is 9.03. The summed E-state index contributed by atoms with van der Waals surface area (Å²) in [5.41, 5.74) is 1.53. The third kappa shape index (κ3) is 4.32. The van der Waals surface area contributed by atoms with Crippen LogP contribution in [0.25, 0.3) is 0 Å². The van der Waals surface area contributed by atoms with E-state index in [0.29, 0.717) is 11.3 Å². The Labute approximate surface area is 142 Å². The lowest BCUT2D eigenvalue weighted by Crippen LogP contribution is -2.38. The van der Waals surface area contributed by atoms with Gasteiger partial charge in [0.15, 0.2) is 6.79 Å².